The van der Waals surface area contributed by atoms with Crippen LogP contribution in [0.2, 0.25) is 0 Å². The Hall–Kier alpha value is -2.74. The van der Waals surface area contributed by atoms with Crippen LogP contribution in [0.1, 0.15) is 40.8 Å². The van der Waals surface area contributed by atoms with Crippen LogP contribution in [-0.4, -0.2) is 43.7 Å². The van der Waals surface area contributed by atoms with E-state index in [1.165, 1.54) is 0 Å². The number of nitrogens with one attached hydrogen (secondary N) is 3. The van der Waals surface area contributed by atoms with Gasteiger partial charge in [-0.05, 0) is 32.0 Å². The van der Waals surface area contributed by atoms with Crippen molar-refractivity contribution in [1.29, 1.82) is 0 Å². The molecule has 8 nitrogen and oxygen atoms in total. The molecular formula is C17H21N7O. The number of nitrogens with zero attached hydrogens (tertiary/aromatic N) is 4. The van der Waals surface area contributed by atoms with Gasteiger partial charge in [0, 0.05) is 31.6 Å². The largest absolute Gasteiger partial charge is 0.342 e. The fraction of sp³-hybridized carbons (Fsp3) is 0.412. The van der Waals surface area contributed by atoms with Crippen molar-refractivity contribution in [3.63, 3.8) is 0 Å². The summed E-state index contributed by atoms with van der Waals surface area (Å²) in [5.41, 5.74) is 2.32. The zero-order chi connectivity index (χ0) is 17.4. The molecule has 8 heteroatoms. The Balaban J connectivity index is 1.54. The van der Waals surface area contributed by atoms with Gasteiger partial charge in [0.25, 0.3) is 5.91 Å². The van der Waals surface area contributed by atoms with E-state index in [0.29, 0.717) is 5.56 Å². The van der Waals surface area contributed by atoms with Gasteiger partial charge in [-0.2, -0.15) is 0 Å². The molecule has 0 spiro atoms. The summed E-state index contributed by atoms with van der Waals surface area (Å²) in [5.74, 6) is 2.47. The Kier molecular flexibility index (Phi) is 3.96. The van der Waals surface area contributed by atoms with E-state index in [0.717, 1.165) is 54.6 Å². The van der Waals surface area contributed by atoms with Gasteiger partial charge < -0.3 is 20.2 Å². The SMILES string of the molecule is Cc1nc2ccc(C(=O)N[C@H](C)c3nnc4n3CCNCC4)cc2[nH]1. The van der Waals surface area contributed by atoms with Crippen LogP contribution in [0.25, 0.3) is 11.0 Å². The second kappa shape index (κ2) is 6.29. The molecule has 0 fully saturated rings. The lowest BCUT2D eigenvalue weighted by Gasteiger charge is -2.15. The van der Waals surface area contributed by atoms with Crippen LogP contribution in [0.5, 0.6) is 0 Å². The highest BCUT2D eigenvalue weighted by atomic mass is 16.1. The third-order valence-corrected chi connectivity index (χ3v) is 4.49. The van der Waals surface area contributed by atoms with Gasteiger partial charge in [0.15, 0.2) is 5.82 Å². The first kappa shape index (κ1) is 15.8. The number of rotatable bonds is 3. The van der Waals surface area contributed by atoms with Crippen molar-refractivity contribution in [3.8, 4) is 0 Å². The number of H-pyrrole nitrogens is 1. The highest BCUT2D eigenvalue weighted by Gasteiger charge is 2.21. The van der Waals surface area contributed by atoms with Crippen LogP contribution in [0, 0.1) is 6.92 Å². The number of hydrogen-bond donors (Lipinski definition) is 3. The Bertz CT molecular complexity index is 926. The summed E-state index contributed by atoms with van der Waals surface area (Å²) in [7, 11) is 0. The molecule has 0 saturated carbocycles. The highest BCUT2D eigenvalue weighted by Crippen LogP contribution is 2.17. The lowest BCUT2D eigenvalue weighted by molar-refractivity contribution is 0.0937. The van der Waals surface area contributed by atoms with Crippen molar-refractivity contribution in [3.05, 3.63) is 41.2 Å². The number of benzene rings is 1. The lowest BCUT2D eigenvalue weighted by atomic mass is 10.1. The number of carbonyl (C=O) groups excluding carboxylic acids is 1. The zero-order valence-corrected chi connectivity index (χ0v) is 14.3. The first-order valence-corrected chi connectivity index (χ1v) is 8.52. The molecule has 3 aromatic rings. The van der Waals surface area contributed by atoms with Gasteiger partial charge in [-0.3, -0.25) is 4.79 Å². The van der Waals surface area contributed by atoms with Gasteiger partial charge in [-0.1, -0.05) is 0 Å². The molecule has 3 N–H and O–H groups in total. The quantitative estimate of drug-likeness (QED) is 0.663. The zero-order valence-electron chi connectivity index (χ0n) is 14.3. The molecular weight excluding hydrogens is 318 g/mol. The van der Waals surface area contributed by atoms with Gasteiger partial charge in [0.05, 0.1) is 17.1 Å². The molecule has 1 amide bonds. The maximum atomic E-state index is 12.6. The maximum Gasteiger partial charge on any atom is 0.251 e. The summed E-state index contributed by atoms with van der Waals surface area (Å²) in [6, 6.07) is 5.25. The van der Waals surface area contributed by atoms with Crippen molar-refractivity contribution in [2.75, 3.05) is 13.1 Å². The molecule has 1 aliphatic heterocycles. The van der Waals surface area contributed by atoms with Crippen molar-refractivity contribution in [2.45, 2.75) is 32.9 Å². The summed E-state index contributed by atoms with van der Waals surface area (Å²) < 4.78 is 2.10. The molecule has 25 heavy (non-hydrogen) atoms. The molecule has 0 aliphatic carbocycles. The van der Waals surface area contributed by atoms with E-state index in [4.69, 9.17) is 0 Å². The Morgan fingerprint density at radius 2 is 2.20 bits per heavy atom. The summed E-state index contributed by atoms with van der Waals surface area (Å²) in [6.45, 7) is 6.44. The van der Waals surface area contributed by atoms with Gasteiger partial charge in [-0.15, -0.1) is 10.2 Å². The number of amides is 1. The summed E-state index contributed by atoms with van der Waals surface area (Å²) in [5, 5.41) is 14.9. The Morgan fingerprint density at radius 3 is 3.08 bits per heavy atom. The molecule has 0 radical (unpaired) electrons. The molecule has 0 bridgehead atoms. The number of fused-ring (bicyclic) bond motifs is 2. The van der Waals surface area contributed by atoms with Crippen molar-refractivity contribution >= 4 is 16.9 Å². The number of imidazole rings is 1. The van der Waals surface area contributed by atoms with Crippen molar-refractivity contribution in [1.82, 2.24) is 35.4 Å². The number of hydrogen-bond acceptors (Lipinski definition) is 5. The van der Waals surface area contributed by atoms with E-state index >= 15 is 0 Å². The fourth-order valence-corrected chi connectivity index (χ4v) is 3.24. The van der Waals surface area contributed by atoms with E-state index in [1.54, 1.807) is 6.07 Å². The summed E-state index contributed by atoms with van der Waals surface area (Å²) in [4.78, 5) is 20.1. The minimum Gasteiger partial charge on any atom is -0.342 e. The van der Waals surface area contributed by atoms with E-state index in [2.05, 4.69) is 35.4 Å². The molecule has 0 saturated heterocycles. The van der Waals surface area contributed by atoms with Crippen LogP contribution in [-0.2, 0) is 13.0 Å². The molecule has 3 heterocycles. The smallest absolute Gasteiger partial charge is 0.251 e. The number of carbonyl (C=O) groups is 1. The highest BCUT2D eigenvalue weighted by molar-refractivity contribution is 5.97. The van der Waals surface area contributed by atoms with E-state index < -0.39 is 0 Å². The summed E-state index contributed by atoms with van der Waals surface area (Å²) in [6.07, 6.45) is 0.851. The van der Waals surface area contributed by atoms with E-state index in [1.807, 2.05) is 26.0 Å². The predicted molar refractivity (Wildman–Crippen MR) is 93.3 cm³/mol. The van der Waals surface area contributed by atoms with Gasteiger partial charge in [0.1, 0.15) is 11.6 Å². The Morgan fingerprint density at radius 1 is 1.32 bits per heavy atom. The van der Waals surface area contributed by atoms with Crippen molar-refractivity contribution in [2.24, 2.45) is 0 Å². The molecule has 0 unspecified atom stereocenters. The molecule has 4 rings (SSSR count). The lowest BCUT2D eigenvalue weighted by Crippen LogP contribution is -2.29. The minimum atomic E-state index is -0.217. The topological polar surface area (TPSA) is 101 Å². The third-order valence-electron chi connectivity index (χ3n) is 4.49. The predicted octanol–water partition coefficient (Wildman–Crippen LogP) is 1.10. The van der Waals surface area contributed by atoms with Gasteiger partial charge >= 0.3 is 0 Å². The third kappa shape index (κ3) is 3.00. The molecule has 1 atom stereocenters. The number of aromatic amines is 1. The average Bonchev–Trinajstić information content (AvgIpc) is 3.08. The van der Waals surface area contributed by atoms with E-state index in [-0.39, 0.29) is 11.9 Å². The normalized spacial score (nSPS) is 15.6. The van der Waals surface area contributed by atoms with Crippen LogP contribution >= 0.6 is 0 Å². The molecule has 1 aliphatic rings. The maximum absolute atomic E-state index is 12.6. The fourth-order valence-electron chi connectivity index (χ4n) is 3.24. The molecule has 130 valence electrons. The van der Waals surface area contributed by atoms with Crippen LogP contribution in [0.15, 0.2) is 18.2 Å². The average molecular weight is 339 g/mol. The standard InChI is InChI=1S/C17H21N7O/c1-10(16-23-22-15-5-6-18-7-8-24(15)16)19-17(25)12-3-4-13-14(9-12)21-11(2)20-13/h3-4,9-10,18H,5-8H2,1-2H3,(H,19,25)(H,20,21)/t10-/m1/s1. The first-order chi connectivity index (χ1) is 12.1. The van der Waals surface area contributed by atoms with Gasteiger partial charge in [0.2, 0.25) is 0 Å². The molecule has 2 aromatic heterocycles. The first-order valence-electron chi connectivity index (χ1n) is 8.52. The van der Waals surface area contributed by atoms with Crippen molar-refractivity contribution < 1.29 is 4.79 Å². The Labute approximate surface area is 145 Å². The van der Waals surface area contributed by atoms with Crippen LogP contribution < -0.4 is 10.6 Å². The van der Waals surface area contributed by atoms with Crippen LogP contribution in [0.4, 0.5) is 0 Å². The number of aryl methyl sites for hydroxylation is 1. The molecule has 1 aromatic carbocycles. The van der Waals surface area contributed by atoms with Crippen LogP contribution in [0.3, 0.4) is 0 Å². The minimum absolute atomic E-state index is 0.134. The monoisotopic (exact) mass is 339 g/mol. The second-order valence-corrected chi connectivity index (χ2v) is 6.38. The number of aromatic nitrogens is 5. The van der Waals surface area contributed by atoms with Gasteiger partial charge in [-0.25, -0.2) is 4.98 Å². The summed E-state index contributed by atoms with van der Waals surface area (Å²) >= 11 is 0. The second-order valence-electron chi connectivity index (χ2n) is 6.38. The van der Waals surface area contributed by atoms with E-state index in [9.17, 15) is 4.79 Å².